The molecular formula is C16H16N2O3. The summed E-state index contributed by atoms with van der Waals surface area (Å²) in [6.07, 6.45) is 3.56. The Kier molecular flexibility index (Phi) is 4.39. The number of rotatable bonds is 3. The molecule has 1 aromatic rings. The highest BCUT2D eigenvalue weighted by Crippen LogP contribution is 2.24. The Bertz CT molecular complexity index is 631. The van der Waals surface area contributed by atoms with Crippen LogP contribution in [0.3, 0.4) is 0 Å². The van der Waals surface area contributed by atoms with Crippen LogP contribution in [0, 0.1) is 17.2 Å². The molecule has 5 nitrogen and oxygen atoms in total. The van der Waals surface area contributed by atoms with Crippen LogP contribution in [0.5, 0.6) is 0 Å². The molecule has 1 amide bonds. The summed E-state index contributed by atoms with van der Waals surface area (Å²) in [6.45, 7) is 2.22. The lowest BCUT2D eigenvalue weighted by Gasteiger charge is -2.21. The molecule has 108 valence electrons. The number of aliphatic carboxylic acids is 1. The van der Waals surface area contributed by atoms with Crippen molar-refractivity contribution in [1.82, 2.24) is 4.90 Å². The van der Waals surface area contributed by atoms with Gasteiger partial charge in [-0.1, -0.05) is 12.1 Å². The molecule has 1 saturated heterocycles. The third kappa shape index (κ3) is 3.29. The van der Waals surface area contributed by atoms with E-state index in [4.69, 9.17) is 10.4 Å². The molecule has 1 aromatic carbocycles. The van der Waals surface area contributed by atoms with Crippen LogP contribution < -0.4 is 0 Å². The second-order valence-electron chi connectivity index (χ2n) is 5.08. The van der Waals surface area contributed by atoms with E-state index in [1.54, 1.807) is 42.2 Å². The summed E-state index contributed by atoms with van der Waals surface area (Å²) in [5.74, 6) is -1.55. The highest BCUT2D eigenvalue weighted by Gasteiger charge is 2.37. The molecular weight excluding hydrogens is 268 g/mol. The minimum Gasteiger partial charge on any atom is -0.481 e. The van der Waals surface area contributed by atoms with Gasteiger partial charge in [0, 0.05) is 18.7 Å². The van der Waals surface area contributed by atoms with E-state index < -0.39 is 11.9 Å². The Morgan fingerprint density at radius 3 is 2.86 bits per heavy atom. The third-order valence-electron chi connectivity index (χ3n) is 3.79. The number of carboxylic acid groups (broad SMARTS) is 1. The van der Waals surface area contributed by atoms with Crippen molar-refractivity contribution in [2.75, 3.05) is 6.54 Å². The number of likely N-dealkylation sites (tertiary alicyclic amines) is 1. The Hall–Kier alpha value is -2.61. The first-order chi connectivity index (χ1) is 10.0. The maximum Gasteiger partial charge on any atom is 0.308 e. The summed E-state index contributed by atoms with van der Waals surface area (Å²) in [5, 5.41) is 17.9. The second kappa shape index (κ2) is 6.23. The fourth-order valence-corrected chi connectivity index (χ4v) is 2.56. The van der Waals surface area contributed by atoms with Crippen LogP contribution >= 0.6 is 0 Å². The smallest absolute Gasteiger partial charge is 0.308 e. The lowest BCUT2D eigenvalue weighted by molar-refractivity contribution is -0.142. The van der Waals surface area contributed by atoms with Crippen molar-refractivity contribution < 1.29 is 14.7 Å². The van der Waals surface area contributed by atoms with Gasteiger partial charge in [0.05, 0.1) is 17.6 Å². The average Bonchev–Trinajstić information content (AvgIpc) is 2.87. The van der Waals surface area contributed by atoms with Gasteiger partial charge in [-0.3, -0.25) is 9.59 Å². The molecule has 0 saturated carbocycles. The summed E-state index contributed by atoms with van der Waals surface area (Å²) in [4.78, 5) is 24.7. The number of carboxylic acids is 1. The number of hydrogen-bond acceptors (Lipinski definition) is 3. The topological polar surface area (TPSA) is 81.4 Å². The molecule has 0 aromatic heterocycles. The lowest BCUT2D eigenvalue weighted by Crippen LogP contribution is -2.36. The van der Waals surface area contributed by atoms with Gasteiger partial charge in [-0.05, 0) is 37.1 Å². The second-order valence-corrected chi connectivity index (χ2v) is 5.08. The molecule has 1 fully saturated rings. The molecule has 5 heteroatoms. The monoisotopic (exact) mass is 284 g/mol. The third-order valence-corrected chi connectivity index (χ3v) is 3.79. The van der Waals surface area contributed by atoms with Crippen LogP contribution in [0.2, 0.25) is 0 Å². The SMILES string of the molecule is CC1C(C(=O)O)CCN1C(=O)C=Cc1cccc(C#N)c1. The van der Waals surface area contributed by atoms with Gasteiger partial charge in [0.25, 0.3) is 0 Å². The Labute approximate surface area is 123 Å². The van der Waals surface area contributed by atoms with Crippen LogP contribution in [-0.4, -0.2) is 34.5 Å². The van der Waals surface area contributed by atoms with Crippen molar-refractivity contribution in [1.29, 1.82) is 5.26 Å². The van der Waals surface area contributed by atoms with Crippen LogP contribution in [0.1, 0.15) is 24.5 Å². The molecule has 2 atom stereocenters. The van der Waals surface area contributed by atoms with Gasteiger partial charge in [0.1, 0.15) is 0 Å². The number of hydrogen-bond donors (Lipinski definition) is 1. The molecule has 1 aliphatic rings. The van der Waals surface area contributed by atoms with Gasteiger partial charge in [0.2, 0.25) is 5.91 Å². The number of benzene rings is 1. The van der Waals surface area contributed by atoms with Crippen LogP contribution in [0.25, 0.3) is 6.08 Å². The molecule has 1 N–H and O–H groups in total. The first kappa shape index (κ1) is 14.8. The van der Waals surface area contributed by atoms with E-state index in [0.29, 0.717) is 18.5 Å². The standard InChI is InChI=1S/C16H16N2O3/c1-11-14(16(20)21)7-8-18(11)15(19)6-5-12-3-2-4-13(9-12)10-17/h2-6,9,11,14H,7-8H2,1H3,(H,20,21). The van der Waals surface area contributed by atoms with E-state index in [2.05, 4.69) is 0 Å². The van der Waals surface area contributed by atoms with E-state index in [1.165, 1.54) is 6.08 Å². The summed E-state index contributed by atoms with van der Waals surface area (Å²) >= 11 is 0. The largest absolute Gasteiger partial charge is 0.481 e. The first-order valence-electron chi connectivity index (χ1n) is 6.74. The van der Waals surface area contributed by atoms with E-state index in [9.17, 15) is 9.59 Å². The zero-order valence-corrected chi connectivity index (χ0v) is 11.7. The van der Waals surface area contributed by atoms with Crippen molar-refractivity contribution >= 4 is 18.0 Å². The molecule has 0 aliphatic carbocycles. The van der Waals surface area contributed by atoms with Gasteiger partial charge in [-0.2, -0.15) is 5.26 Å². The molecule has 0 radical (unpaired) electrons. The van der Waals surface area contributed by atoms with Crippen molar-refractivity contribution in [3.05, 3.63) is 41.5 Å². The molecule has 0 bridgehead atoms. The maximum absolute atomic E-state index is 12.1. The van der Waals surface area contributed by atoms with E-state index in [0.717, 1.165) is 5.56 Å². The Morgan fingerprint density at radius 2 is 2.24 bits per heavy atom. The average molecular weight is 284 g/mol. The molecule has 2 unspecified atom stereocenters. The molecule has 1 aliphatic heterocycles. The molecule has 2 rings (SSSR count). The maximum atomic E-state index is 12.1. The predicted octanol–water partition coefficient (Wildman–Crippen LogP) is 1.89. The lowest BCUT2D eigenvalue weighted by atomic mass is 10.0. The van der Waals surface area contributed by atoms with Gasteiger partial charge in [0.15, 0.2) is 0 Å². The number of nitriles is 1. The number of nitrogens with zero attached hydrogens (tertiary/aromatic N) is 2. The highest BCUT2D eigenvalue weighted by atomic mass is 16.4. The van der Waals surface area contributed by atoms with Gasteiger partial charge >= 0.3 is 5.97 Å². The molecule has 21 heavy (non-hydrogen) atoms. The summed E-state index contributed by atoms with van der Waals surface area (Å²) in [7, 11) is 0. The van der Waals surface area contributed by atoms with E-state index >= 15 is 0 Å². The van der Waals surface area contributed by atoms with Crippen molar-refractivity contribution in [3.8, 4) is 6.07 Å². The summed E-state index contributed by atoms with van der Waals surface area (Å²) in [5.41, 5.74) is 1.30. The van der Waals surface area contributed by atoms with Gasteiger partial charge in [-0.15, -0.1) is 0 Å². The molecule has 1 heterocycles. The van der Waals surface area contributed by atoms with Crippen molar-refractivity contribution in [3.63, 3.8) is 0 Å². The zero-order chi connectivity index (χ0) is 15.4. The van der Waals surface area contributed by atoms with Gasteiger partial charge in [-0.25, -0.2) is 0 Å². The Morgan fingerprint density at radius 1 is 1.48 bits per heavy atom. The van der Waals surface area contributed by atoms with Crippen molar-refractivity contribution in [2.45, 2.75) is 19.4 Å². The van der Waals surface area contributed by atoms with Crippen molar-refractivity contribution in [2.24, 2.45) is 5.92 Å². The summed E-state index contributed by atoms with van der Waals surface area (Å²) in [6, 6.07) is 8.68. The number of amides is 1. The minimum absolute atomic E-state index is 0.200. The van der Waals surface area contributed by atoms with Crippen LogP contribution in [0.15, 0.2) is 30.3 Å². The quantitative estimate of drug-likeness (QED) is 0.859. The Balaban J connectivity index is 2.06. The van der Waals surface area contributed by atoms with E-state index in [1.807, 2.05) is 6.07 Å². The molecule has 0 spiro atoms. The van der Waals surface area contributed by atoms with E-state index in [-0.39, 0.29) is 11.9 Å². The predicted molar refractivity (Wildman–Crippen MR) is 77.1 cm³/mol. The number of carbonyl (C=O) groups excluding carboxylic acids is 1. The van der Waals surface area contributed by atoms with Gasteiger partial charge < -0.3 is 10.0 Å². The minimum atomic E-state index is -0.858. The highest BCUT2D eigenvalue weighted by molar-refractivity contribution is 5.92. The first-order valence-corrected chi connectivity index (χ1v) is 6.74. The summed E-state index contributed by atoms with van der Waals surface area (Å²) < 4.78 is 0. The normalized spacial score (nSPS) is 21.4. The van der Waals surface area contributed by atoms with Crippen LogP contribution in [-0.2, 0) is 9.59 Å². The fourth-order valence-electron chi connectivity index (χ4n) is 2.56. The number of carbonyl (C=O) groups is 2. The van der Waals surface area contributed by atoms with Crippen LogP contribution in [0.4, 0.5) is 0 Å². The fraction of sp³-hybridized carbons (Fsp3) is 0.312. The zero-order valence-electron chi connectivity index (χ0n) is 11.7.